The lowest BCUT2D eigenvalue weighted by Gasteiger charge is -2.32. The minimum atomic E-state index is -0.122. The molecule has 1 saturated carbocycles. The van der Waals surface area contributed by atoms with Gasteiger partial charge in [0.15, 0.2) is 0 Å². The monoisotopic (exact) mass is 435 g/mol. The molecule has 31 heavy (non-hydrogen) atoms. The maximum atomic E-state index is 13.5. The van der Waals surface area contributed by atoms with Crippen LogP contribution in [0.1, 0.15) is 47.8 Å². The van der Waals surface area contributed by atoms with Crippen molar-refractivity contribution in [2.24, 2.45) is 0 Å². The highest BCUT2D eigenvalue weighted by Crippen LogP contribution is 2.35. The molecule has 1 N–H and O–H groups in total. The van der Waals surface area contributed by atoms with Gasteiger partial charge in [0, 0.05) is 23.0 Å². The summed E-state index contributed by atoms with van der Waals surface area (Å²) in [6.07, 6.45) is 3.33. The Bertz CT molecular complexity index is 1340. The summed E-state index contributed by atoms with van der Waals surface area (Å²) in [5.41, 5.74) is 1.77. The molecule has 158 valence electrons. The molecular weight excluding hydrogens is 414 g/mol. The maximum absolute atomic E-state index is 13.5. The average Bonchev–Trinajstić information content (AvgIpc) is 3.16. The van der Waals surface area contributed by atoms with Crippen LogP contribution in [-0.4, -0.2) is 21.7 Å². The molecule has 6 nitrogen and oxygen atoms in total. The molecule has 0 bridgehead atoms. The maximum Gasteiger partial charge on any atom is 0.264 e. The lowest BCUT2D eigenvalue weighted by molar-refractivity contribution is 0.0920. The van der Waals surface area contributed by atoms with Crippen molar-refractivity contribution < 1.29 is 9.32 Å². The van der Waals surface area contributed by atoms with Gasteiger partial charge in [-0.3, -0.25) is 9.59 Å². The van der Waals surface area contributed by atoms with Crippen molar-refractivity contribution in [3.05, 3.63) is 75.2 Å². The van der Waals surface area contributed by atoms with E-state index in [1.54, 1.807) is 25.1 Å². The number of hydrogen-bond acceptors (Lipinski definition) is 4. The number of nitrogens with one attached hydrogen (secondary N) is 1. The smallest absolute Gasteiger partial charge is 0.264 e. The largest absolute Gasteiger partial charge is 0.360 e. The molecule has 5 rings (SSSR count). The SMILES string of the molecule is Cc1onc2c1c(=O)n([C@H]1CCC[C@@H](NC(=O)c3ccccc3)C1)c1cccc(Cl)c21. The van der Waals surface area contributed by atoms with E-state index < -0.39 is 0 Å². The third-order valence-corrected chi connectivity index (χ3v) is 6.48. The summed E-state index contributed by atoms with van der Waals surface area (Å²) in [4.78, 5) is 26.2. The van der Waals surface area contributed by atoms with Crippen LogP contribution in [0.2, 0.25) is 5.02 Å². The van der Waals surface area contributed by atoms with Crippen LogP contribution in [0.3, 0.4) is 0 Å². The first-order chi connectivity index (χ1) is 15.0. The van der Waals surface area contributed by atoms with E-state index in [0.29, 0.717) is 33.7 Å². The number of carbonyl (C=O) groups is 1. The number of hydrogen-bond donors (Lipinski definition) is 1. The number of halogens is 1. The quantitative estimate of drug-likeness (QED) is 0.490. The Hall–Kier alpha value is -3.12. The number of amides is 1. The molecule has 1 fully saturated rings. The first-order valence-corrected chi connectivity index (χ1v) is 10.9. The minimum Gasteiger partial charge on any atom is -0.360 e. The van der Waals surface area contributed by atoms with Crippen molar-refractivity contribution in [2.45, 2.75) is 44.7 Å². The third kappa shape index (κ3) is 3.41. The van der Waals surface area contributed by atoms with Crippen molar-refractivity contribution in [1.82, 2.24) is 15.0 Å². The van der Waals surface area contributed by atoms with Crippen LogP contribution in [0.4, 0.5) is 0 Å². The van der Waals surface area contributed by atoms with Crippen molar-refractivity contribution >= 4 is 39.3 Å². The first-order valence-electron chi connectivity index (χ1n) is 10.5. The Morgan fingerprint density at radius 1 is 1.13 bits per heavy atom. The molecule has 0 saturated heterocycles. The van der Waals surface area contributed by atoms with E-state index in [1.165, 1.54) is 0 Å². The summed E-state index contributed by atoms with van der Waals surface area (Å²) in [5, 5.41) is 8.99. The summed E-state index contributed by atoms with van der Waals surface area (Å²) in [6, 6.07) is 14.7. The second-order valence-corrected chi connectivity index (χ2v) is 8.54. The van der Waals surface area contributed by atoms with Gasteiger partial charge >= 0.3 is 0 Å². The number of fused-ring (bicyclic) bond motifs is 3. The number of aryl methyl sites for hydroxylation is 1. The molecule has 2 atom stereocenters. The topological polar surface area (TPSA) is 77.1 Å². The fourth-order valence-electron chi connectivity index (χ4n) is 4.72. The molecule has 1 aliphatic rings. The summed E-state index contributed by atoms with van der Waals surface area (Å²) < 4.78 is 7.17. The third-order valence-electron chi connectivity index (χ3n) is 6.17. The van der Waals surface area contributed by atoms with Gasteiger partial charge in [-0.15, -0.1) is 0 Å². The summed E-state index contributed by atoms with van der Waals surface area (Å²) in [7, 11) is 0. The number of nitrogens with zero attached hydrogens (tertiary/aromatic N) is 2. The van der Waals surface area contributed by atoms with Crippen molar-refractivity contribution in [1.29, 1.82) is 0 Å². The van der Waals surface area contributed by atoms with Crippen LogP contribution in [0.25, 0.3) is 21.8 Å². The van der Waals surface area contributed by atoms with Crippen LogP contribution in [0, 0.1) is 6.92 Å². The highest BCUT2D eigenvalue weighted by atomic mass is 35.5. The zero-order valence-corrected chi connectivity index (χ0v) is 17.9. The Morgan fingerprint density at radius 3 is 2.74 bits per heavy atom. The first kappa shape index (κ1) is 19.8. The van der Waals surface area contributed by atoms with Gasteiger partial charge in [0.2, 0.25) is 0 Å². The van der Waals surface area contributed by atoms with Crippen molar-refractivity contribution in [2.75, 3.05) is 0 Å². The summed E-state index contributed by atoms with van der Waals surface area (Å²) in [5.74, 6) is 0.400. The predicted molar refractivity (Wildman–Crippen MR) is 121 cm³/mol. The normalized spacial score (nSPS) is 19.0. The van der Waals surface area contributed by atoms with Crippen LogP contribution >= 0.6 is 11.6 Å². The van der Waals surface area contributed by atoms with E-state index in [-0.39, 0.29) is 23.6 Å². The molecule has 4 aromatic rings. The lowest BCUT2D eigenvalue weighted by Crippen LogP contribution is -2.40. The Kier molecular flexibility index (Phi) is 5.02. The number of aromatic nitrogens is 2. The highest BCUT2D eigenvalue weighted by Gasteiger charge is 2.29. The van der Waals surface area contributed by atoms with Crippen LogP contribution < -0.4 is 10.9 Å². The number of pyridine rings is 1. The van der Waals surface area contributed by atoms with Crippen LogP contribution in [0.5, 0.6) is 0 Å². The molecular formula is C24H22ClN3O3. The molecule has 0 unspecified atom stereocenters. The molecule has 7 heteroatoms. The van der Waals surface area contributed by atoms with Crippen LogP contribution in [0.15, 0.2) is 57.8 Å². The fourth-order valence-corrected chi connectivity index (χ4v) is 4.98. The van der Waals surface area contributed by atoms with Gasteiger partial charge in [-0.1, -0.05) is 41.0 Å². The fraction of sp³-hybridized carbons (Fsp3) is 0.292. The van der Waals surface area contributed by atoms with Crippen molar-refractivity contribution in [3.8, 4) is 0 Å². The highest BCUT2D eigenvalue weighted by molar-refractivity contribution is 6.37. The average molecular weight is 436 g/mol. The van der Waals surface area contributed by atoms with Gasteiger partial charge in [-0.05, 0) is 56.9 Å². The van der Waals surface area contributed by atoms with E-state index in [9.17, 15) is 9.59 Å². The van der Waals surface area contributed by atoms with E-state index >= 15 is 0 Å². The zero-order valence-electron chi connectivity index (χ0n) is 17.1. The Labute approximate surface area is 183 Å². The van der Waals surface area contributed by atoms with Crippen molar-refractivity contribution in [3.63, 3.8) is 0 Å². The second kappa shape index (κ2) is 7.85. The molecule has 0 aliphatic heterocycles. The summed E-state index contributed by atoms with van der Waals surface area (Å²) >= 11 is 6.52. The number of benzene rings is 2. The van der Waals surface area contributed by atoms with E-state index in [1.807, 2.05) is 34.9 Å². The number of carbonyl (C=O) groups excluding carboxylic acids is 1. The van der Waals surface area contributed by atoms with E-state index in [4.69, 9.17) is 16.1 Å². The molecule has 1 amide bonds. The molecule has 1 aliphatic carbocycles. The molecule has 0 spiro atoms. The Balaban J connectivity index is 1.55. The van der Waals surface area contributed by atoms with Gasteiger partial charge in [0.25, 0.3) is 11.5 Å². The standard InChI is InChI=1S/C24H22ClN3O3/c1-14-20-22(27-31-14)21-18(25)11-6-12-19(21)28(24(20)30)17-10-5-9-16(13-17)26-23(29)15-7-3-2-4-8-15/h2-4,6-8,11-12,16-17H,5,9-10,13H2,1H3,(H,26,29)/t16-,17+/m1/s1. The van der Waals surface area contributed by atoms with Gasteiger partial charge in [-0.2, -0.15) is 0 Å². The van der Waals surface area contributed by atoms with Gasteiger partial charge in [0.05, 0.1) is 10.5 Å². The van der Waals surface area contributed by atoms with E-state index in [0.717, 1.165) is 30.2 Å². The Morgan fingerprint density at radius 2 is 1.94 bits per heavy atom. The van der Waals surface area contributed by atoms with Gasteiger partial charge in [0.1, 0.15) is 16.7 Å². The van der Waals surface area contributed by atoms with Gasteiger partial charge in [-0.25, -0.2) is 0 Å². The molecule has 2 aromatic heterocycles. The van der Waals surface area contributed by atoms with Crippen LogP contribution in [-0.2, 0) is 0 Å². The zero-order chi connectivity index (χ0) is 21.5. The predicted octanol–water partition coefficient (Wildman–Crippen LogP) is 5.02. The molecule has 0 radical (unpaired) electrons. The molecule has 2 heterocycles. The lowest BCUT2D eigenvalue weighted by atomic mass is 9.90. The van der Waals surface area contributed by atoms with Gasteiger partial charge < -0.3 is 14.4 Å². The molecule has 2 aromatic carbocycles. The summed E-state index contributed by atoms with van der Waals surface area (Å²) in [6.45, 7) is 1.74. The van der Waals surface area contributed by atoms with E-state index in [2.05, 4.69) is 10.5 Å². The number of rotatable bonds is 3. The second-order valence-electron chi connectivity index (χ2n) is 8.13. The minimum absolute atomic E-state index is 0.00754.